The summed E-state index contributed by atoms with van der Waals surface area (Å²) in [4.78, 5) is 31.1. The van der Waals surface area contributed by atoms with Gasteiger partial charge in [-0.1, -0.05) is 24.3 Å². The van der Waals surface area contributed by atoms with Crippen LogP contribution in [-0.4, -0.2) is 16.8 Å². The van der Waals surface area contributed by atoms with Gasteiger partial charge in [-0.3, -0.25) is 14.5 Å². The van der Waals surface area contributed by atoms with Gasteiger partial charge in [-0.15, -0.1) is 0 Å². The number of fused-ring (bicyclic) bond motifs is 2. The second-order valence-electron chi connectivity index (χ2n) is 7.87. The number of hydrogen-bond donors (Lipinski definition) is 1. The zero-order chi connectivity index (χ0) is 22.9. The highest BCUT2D eigenvalue weighted by Gasteiger charge is 2.27. The van der Waals surface area contributed by atoms with Gasteiger partial charge < -0.3 is 9.73 Å². The first-order chi connectivity index (χ1) is 16.0. The van der Waals surface area contributed by atoms with E-state index in [4.69, 9.17) is 4.42 Å². The highest BCUT2D eigenvalue weighted by atomic mass is 19.1. The molecule has 6 nitrogen and oxygen atoms in total. The van der Waals surface area contributed by atoms with E-state index >= 15 is 0 Å². The molecule has 1 aliphatic rings. The zero-order valence-corrected chi connectivity index (χ0v) is 17.5. The summed E-state index contributed by atoms with van der Waals surface area (Å²) in [6.07, 6.45) is 0.736. The maximum atomic E-state index is 13.6. The number of amides is 2. The van der Waals surface area contributed by atoms with Crippen LogP contribution in [0.1, 0.15) is 33.8 Å². The smallest absolute Gasteiger partial charge is 0.270 e. The lowest BCUT2D eigenvalue weighted by Crippen LogP contribution is -2.36. The van der Waals surface area contributed by atoms with Crippen LogP contribution in [0.3, 0.4) is 0 Å². The summed E-state index contributed by atoms with van der Waals surface area (Å²) in [6, 6.07) is 15.9. The lowest BCUT2D eigenvalue weighted by Gasteiger charge is -2.28. The number of hydrogen-bond acceptors (Lipinski definition) is 4. The van der Waals surface area contributed by atoms with E-state index in [1.54, 1.807) is 12.1 Å². The van der Waals surface area contributed by atoms with Crippen molar-refractivity contribution in [3.05, 3.63) is 94.9 Å². The Morgan fingerprint density at radius 2 is 1.82 bits per heavy atom. The molecule has 1 N–H and O–H groups in total. The van der Waals surface area contributed by atoms with Crippen molar-refractivity contribution in [2.45, 2.75) is 25.9 Å². The lowest BCUT2D eigenvalue weighted by molar-refractivity contribution is -0.119. The fourth-order valence-electron chi connectivity index (χ4n) is 3.96. The first-order valence-electron chi connectivity index (χ1n) is 10.5. The van der Waals surface area contributed by atoms with E-state index in [2.05, 4.69) is 10.3 Å². The Morgan fingerprint density at radius 3 is 2.61 bits per heavy atom. The first-order valence-corrected chi connectivity index (χ1v) is 10.5. The van der Waals surface area contributed by atoms with Crippen LogP contribution in [0.25, 0.3) is 11.0 Å². The Labute approximate surface area is 187 Å². The van der Waals surface area contributed by atoms with Crippen LogP contribution >= 0.6 is 0 Å². The van der Waals surface area contributed by atoms with Gasteiger partial charge >= 0.3 is 0 Å². The van der Waals surface area contributed by atoms with E-state index in [0.717, 1.165) is 22.6 Å². The van der Waals surface area contributed by atoms with Gasteiger partial charge in [0.05, 0.1) is 13.1 Å². The summed E-state index contributed by atoms with van der Waals surface area (Å²) in [5.74, 6) is -1.16. The molecule has 5 rings (SSSR count). The molecule has 33 heavy (non-hydrogen) atoms. The predicted octanol–water partition coefficient (Wildman–Crippen LogP) is 4.52. The van der Waals surface area contributed by atoms with Gasteiger partial charge in [-0.25, -0.2) is 13.8 Å². The maximum Gasteiger partial charge on any atom is 0.270 e. The number of carbonyl (C=O) groups excluding carboxylic acids is 2. The molecule has 166 valence electrons. The summed E-state index contributed by atoms with van der Waals surface area (Å²) in [6.45, 7) is 0.134. The molecule has 0 spiro atoms. The second-order valence-corrected chi connectivity index (χ2v) is 7.87. The maximum absolute atomic E-state index is 13.6. The topological polar surface area (TPSA) is 75.4 Å². The normalized spacial score (nSPS) is 13.3. The number of nitrogens with one attached hydrogen (secondary N) is 1. The molecule has 0 radical (unpaired) electrons. The van der Waals surface area contributed by atoms with Crippen molar-refractivity contribution in [2.75, 3.05) is 4.90 Å². The van der Waals surface area contributed by atoms with Crippen molar-refractivity contribution in [1.82, 2.24) is 10.3 Å². The van der Waals surface area contributed by atoms with Crippen LogP contribution in [0.5, 0.6) is 0 Å². The van der Waals surface area contributed by atoms with E-state index < -0.39 is 17.5 Å². The quantitative estimate of drug-likeness (QED) is 0.488. The zero-order valence-electron chi connectivity index (χ0n) is 17.5. The number of aryl methyl sites for hydroxylation is 1. The molecule has 0 bridgehead atoms. The van der Waals surface area contributed by atoms with Gasteiger partial charge in [-0.2, -0.15) is 0 Å². The summed E-state index contributed by atoms with van der Waals surface area (Å²) in [5.41, 5.74) is 1.96. The van der Waals surface area contributed by atoms with Crippen LogP contribution in [0.4, 0.5) is 14.6 Å². The van der Waals surface area contributed by atoms with Gasteiger partial charge in [0.15, 0.2) is 0 Å². The summed E-state index contributed by atoms with van der Waals surface area (Å²) < 4.78 is 32.9. The Balaban J connectivity index is 1.36. The van der Waals surface area contributed by atoms with Crippen LogP contribution < -0.4 is 10.2 Å². The molecule has 0 saturated carbocycles. The largest absolute Gasteiger partial charge is 0.459 e. The van der Waals surface area contributed by atoms with Crippen molar-refractivity contribution in [1.29, 1.82) is 0 Å². The predicted molar refractivity (Wildman–Crippen MR) is 117 cm³/mol. The minimum absolute atomic E-state index is 0.0441. The number of aromatic nitrogens is 1. The molecule has 0 atom stereocenters. The number of benzene rings is 2. The van der Waals surface area contributed by atoms with Crippen molar-refractivity contribution in [3.63, 3.8) is 0 Å². The van der Waals surface area contributed by atoms with E-state index in [1.165, 1.54) is 17.0 Å². The number of halogens is 2. The average molecular weight is 447 g/mol. The van der Waals surface area contributed by atoms with Gasteiger partial charge in [0.1, 0.15) is 34.5 Å². The van der Waals surface area contributed by atoms with E-state index in [1.807, 2.05) is 30.3 Å². The number of rotatable bonds is 5. The molecule has 0 saturated heterocycles. The Bertz CT molecular complexity index is 1330. The highest BCUT2D eigenvalue weighted by molar-refractivity contribution is 5.97. The third kappa shape index (κ3) is 4.32. The summed E-state index contributed by atoms with van der Waals surface area (Å²) in [5, 5.41) is 3.72. The average Bonchev–Trinajstić information content (AvgIpc) is 3.21. The van der Waals surface area contributed by atoms with E-state index in [-0.39, 0.29) is 31.1 Å². The molecule has 3 heterocycles. The standard InChI is InChI=1S/C25H19F2N3O3/c26-18-9-15(10-19(27)12-18)14-30-23(31)8-6-16-5-7-21(29-24(16)30)25(32)28-13-20-11-17-3-1-2-4-22(17)33-20/h1-5,7,9-12H,6,8,13-14H2,(H,28,32). The number of para-hydroxylation sites is 1. The van der Waals surface area contributed by atoms with Crippen molar-refractivity contribution < 1.29 is 22.8 Å². The third-order valence-corrected chi connectivity index (χ3v) is 5.52. The van der Waals surface area contributed by atoms with E-state index in [0.29, 0.717) is 23.6 Å². The minimum atomic E-state index is -0.721. The number of carbonyl (C=O) groups is 2. The molecule has 4 aromatic rings. The molecule has 2 aromatic carbocycles. The second kappa shape index (κ2) is 8.46. The lowest BCUT2D eigenvalue weighted by atomic mass is 10.0. The summed E-state index contributed by atoms with van der Waals surface area (Å²) >= 11 is 0. The number of pyridine rings is 1. The Hall–Kier alpha value is -4.07. The highest BCUT2D eigenvalue weighted by Crippen LogP contribution is 2.28. The third-order valence-electron chi connectivity index (χ3n) is 5.52. The molecular weight excluding hydrogens is 428 g/mol. The van der Waals surface area contributed by atoms with Crippen molar-refractivity contribution in [2.24, 2.45) is 0 Å². The van der Waals surface area contributed by atoms with Crippen LogP contribution in [-0.2, 0) is 24.3 Å². The first kappa shape index (κ1) is 20.8. The van der Waals surface area contributed by atoms with Gasteiger partial charge in [0.25, 0.3) is 5.91 Å². The van der Waals surface area contributed by atoms with Crippen LogP contribution in [0.2, 0.25) is 0 Å². The molecule has 2 amide bonds. The molecular formula is C25H19F2N3O3. The minimum Gasteiger partial charge on any atom is -0.459 e. The fraction of sp³-hybridized carbons (Fsp3) is 0.160. The number of nitrogens with zero attached hydrogens (tertiary/aromatic N) is 2. The molecule has 0 aliphatic carbocycles. The van der Waals surface area contributed by atoms with Crippen LogP contribution in [0.15, 0.2) is 65.1 Å². The number of furan rings is 1. The SMILES string of the molecule is O=C(NCc1cc2ccccc2o1)c1ccc2c(n1)N(Cc1cc(F)cc(F)c1)C(=O)CC2. The van der Waals surface area contributed by atoms with Gasteiger partial charge in [0, 0.05) is 17.9 Å². The molecule has 1 aliphatic heterocycles. The molecule has 8 heteroatoms. The Kier molecular flexibility index (Phi) is 5.34. The Morgan fingerprint density at radius 1 is 1.03 bits per heavy atom. The number of anilines is 1. The monoisotopic (exact) mass is 447 g/mol. The molecule has 0 unspecified atom stereocenters. The molecule has 0 fully saturated rings. The van der Waals surface area contributed by atoms with Gasteiger partial charge in [0.2, 0.25) is 5.91 Å². The van der Waals surface area contributed by atoms with Crippen molar-refractivity contribution in [3.8, 4) is 0 Å². The van der Waals surface area contributed by atoms with Crippen molar-refractivity contribution >= 4 is 28.6 Å². The van der Waals surface area contributed by atoms with Gasteiger partial charge in [-0.05, 0) is 47.9 Å². The van der Waals surface area contributed by atoms with Crippen LogP contribution in [0, 0.1) is 11.6 Å². The summed E-state index contributed by atoms with van der Waals surface area (Å²) in [7, 11) is 0. The fourth-order valence-corrected chi connectivity index (χ4v) is 3.96. The molecule has 2 aromatic heterocycles. The van der Waals surface area contributed by atoms with E-state index in [9.17, 15) is 18.4 Å².